The van der Waals surface area contributed by atoms with Gasteiger partial charge in [0.2, 0.25) is 11.9 Å². The molecule has 0 spiro atoms. The number of thiazole rings is 1. The zero-order valence-corrected chi connectivity index (χ0v) is 13.5. The van der Waals surface area contributed by atoms with Crippen molar-refractivity contribution in [3.63, 3.8) is 0 Å². The first-order valence-electron chi connectivity index (χ1n) is 6.83. The number of rotatable bonds is 7. The molecule has 21 heavy (non-hydrogen) atoms. The number of hydrogen-bond acceptors (Lipinski definition) is 8. The Kier molecular flexibility index (Phi) is 5.26. The van der Waals surface area contributed by atoms with Crippen LogP contribution in [0.15, 0.2) is 10.9 Å². The lowest BCUT2D eigenvalue weighted by atomic mass is 10.4. The first-order chi connectivity index (χ1) is 10.1. The monoisotopic (exact) mass is 308 g/mol. The highest BCUT2D eigenvalue weighted by Gasteiger charge is 2.13. The Morgan fingerprint density at radius 3 is 2.76 bits per heavy atom. The molecule has 0 unspecified atom stereocenters. The van der Waals surface area contributed by atoms with Gasteiger partial charge in [-0.05, 0) is 20.8 Å². The second-order valence-corrected chi connectivity index (χ2v) is 5.49. The minimum Gasteiger partial charge on any atom is -0.461 e. The number of anilines is 2. The molecule has 0 bridgehead atoms. The van der Waals surface area contributed by atoms with E-state index >= 15 is 0 Å². The van der Waals surface area contributed by atoms with E-state index in [0.717, 1.165) is 12.2 Å². The van der Waals surface area contributed by atoms with Gasteiger partial charge in [0, 0.05) is 19.0 Å². The van der Waals surface area contributed by atoms with E-state index in [1.54, 1.807) is 11.3 Å². The van der Waals surface area contributed by atoms with E-state index < -0.39 is 0 Å². The maximum Gasteiger partial charge on any atom is 0.323 e. The summed E-state index contributed by atoms with van der Waals surface area (Å²) in [5.41, 5.74) is 2.80. The van der Waals surface area contributed by atoms with Crippen LogP contribution in [0.1, 0.15) is 26.5 Å². The SMILES string of the molecule is CCNc1nc(OC(C)C)nc(N(C)Cc2cscn2)n1. The largest absolute Gasteiger partial charge is 0.461 e. The Bertz CT molecular complexity index is 560. The Balaban J connectivity index is 2.21. The standard InChI is InChI=1S/C13H20N6OS/c1-5-14-11-16-12(18-13(17-11)20-9(2)3)19(4)6-10-7-21-8-15-10/h7-9H,5-6H2,1-4H3,(H,14,16,17,18). The van der Waals surface area contributed by atoms with Crippen molar-refractivity contribution in [2.45, 2.75) is 33.4 Å². The van der Waals surface area contributed by atoms with Crippen LogP contribution >= 0.6 is 11.3 Å². The molecule has 0 amide bonds. The molecule has 0 atom stereocenters. The van der Waals surface area contributed by atoms with Gasteiger partial charge in [0.05, 0.1) is 23.9 Å². The van der Waals surface area contributed by atoms with Gasteiger partial charge in [-0.1, -0.05) is 0 Å². The van der Waals surface area contributed by atoms with E-state index in [0.29, 0.717) is 24.5 Å². The molecule has 0 radical (unpaired) electrons. The quantitative estimate of drug-likeness (QED) is 0.840. The van der Waals surface area contributed by atoms with E-state index in [-0.39, 0.29) is 6.10 Å². The molecular formula is C13H20N6OS. The third kappa shape index (κ3) is 4.52. The van der Waals surface area contributed by atoms with Crippen molar-refractivity contribution in [2.75, 3.05) is 23.8 Å². The Hall–Kier alpha value is -1.96. The van der Waals surface area contributed by atoms with Gasteiger partial charge in [0.25, 0.3) is 0 Å². The van der Waals surface area contributed by atoms with Crippen molar-refractivity contribution in [1.29, 1.82) is 0 Å². The minimum atomic E-state index is 0.0126. The molecule has 1 N–H and O–H groups in total. The van der Waals surface area contributed by atoms with Gasteiger partial charge < -0.3 is 15.0 Å². The second-order valence-electron chi connectivity index (χ2n) is 4.77. The molecule has 0 fully saturated rings. The highest BCUT2D eigenvalue weighted by Crippen LogP contribution is 2.17. The summed E-state index contributed by atoms with van der Waals surface area (Å²) in [6.07, 6.45) is 0.0126. The number of aromatic nitrogens is 4. The fraction of sp³-hybridized carbons (Fsp3) is 0.538. The summed E-state index contributed by atoms with van der Waals surface area (Å²) < 4.78 is 5.58. The van der Waals surface area contributed by atoms with Gasteiger partial charge in [-0.2, -0.15) is 15.0 Å². The predicted molar refractivity (Wildman–Crippen MR) is 84.0 cm³/mol. The normalized spacial score (nSPS) is 10.7. The molecule has 0 saturated heterocycles. The molecule has 2 heterocycles. The Morgan fingerprint density at radius 1 is 1.33 bits per heavy atom. The van der Waals surface area contributed by atoms with Crippen molar-refractivity contribution >= 4 is 23.2 Å². The lowest BCUT2D eigenvalue weighted by Gasteiger charge is -2.17. The highest BCUT2D eigenvalue weighted by atomic mass is 32.1. The van der Waals surface area contributed by atoms with E-state index in [2.05, 4.69) is 25.3 Å². The molecule has 0 aliphatic rings. The van der Waals surface area contributed by atoms with Crippen LogP contribution in [-0.4, -0.2) is 39.6 Å². The van der Waals surface area contributed by atoms with Crippen LogP contribution in [-0.2, 0) is 6.54 Å². The molecule has 2 aromatic heterocycles. The lowest BCUT2D eigenvalue weighted by Crippen LogP contribution is -2.21. The van der Waals surface area contributed by atoms with E-state index in [1.807, 2.05) is 43.6 Å². The molecule has 2 aromatic rings. The van der Waals surface area contributed by atoms with Crippen molar-refractivity contribution in [3.8, 4) is 6.01 Å². The Morgan fingerprint density at radius 2 is 2.14 bits per heavy atom. The Labute approximate surface area is 128 Å². The van der Waals surface area contributed by atoms with E-state index in [9.17, 15) is 0 Å². The summed E-state index contributed by atoms with van der Waals surface area (Å²) in [7, 11) is 1.92. The van der Waals surface area contributed by atoms with Crippen molar-refractivity contribution in [3.05, 3.63) is 16.6 Å². The summed E-state index contributed by atoms with van der Waals surface area (Å²) in [5, 5.41) is 5.10. The summed E-state index contributed by atoms with van der Waals surface area (Å²) >= 11 is 1.57. The second kappa shape index (κ2) is 7.16. The lowest BCUT2D eigenvalue weighted by molar-refractivity contribution is 0.222. The third-order valence-corrected chi connectivity index (χ3v) is 3.14. The maximum atomic E-state index is 5.58. The zero-order chi connectivity index (χ0) is 15.2. The predicted octanol–water partition coefficient (Wildman–Crippen LogP) is 2.18. The van der Waals surface area contributed by atoms with Crippen molar-refractivity contribution in [1.82, 2.24) is 19.9 Å². The van der Waals surface area contributed by atoms with Crippen LogP contribution in [0.3, 0.4) is 0 Å². The highest BCUT2D eigenvalue weighted by molar-refractivity contribution is 7.07. The molecule has 0 aliphatic carbocycles. The molecule has 8 heteroatoms. The molecule has 2 rings (SSSR count). The fourth-order valence-corrected chi connectivity index (χ4v) is 2.20. The van der Waals surface area contributed by atoms with Crippen molar-refractivity contribution in [2.24, 2.45) is 0 Å². The van der Waals surface area contributed by atoms with Crippen molar-refractivity contribution < 1.29 is 4.74 Å². The van der Waals surface area contributed by atoms with E-state index in [4.69, 9.17) is 4.74 Å². The van der Waals surface area contributed by atoms with Gasteiger partial charge in [-0.25, -0.2) is 4.98 Å². The van der Waals surface area contributed by atoms with Gasteiger partial charge in [0.1, 0.15) is 0 Å². The topological polar surface area (TPSA) is 76.1 Å². The van der Waals surface area contributed by atoms with Gasteiger partial charge in [-0.3, -0.25) is 0 Å². The zero-order valence-electron chi connectivity index (χ0n) is 12.7. The van der Waals surface area contributed by atoms with Gasteiger partial charge >= 0.3 is 6.01 Å². The van der Waals surface area contributed by atoms with Crippen LogP contribution in [0.4, 0.5) is 11.9 Å². The third-order valence-electron chi connectivity index (χ3n) is 2.50. The summed E-state index contributed by atoms with van der Waals surface area (Å²) in [4.78, 5) is 19.2. The maximum absolute atomic E-state index is 5.58. The summed E-state index contributed by atoms with van der Waals surface area (Å²) in [5.74, 6) is 1.08. The molecule has 114 valence electrons. The fourth-order valence-electron chi connectivity index (χ4n) is 1.65. The van der Waals surface area contributed by atoms with Crippen LogP contribution in [0.25, 0.3) is 0 Å². The average Bonchev–Trinajstić information content (AvgIpc) is 2.91. The minimum absolute atomic E-state index is 0.0126. The van der Waals surface area contributed by atoms with Crippen LogP contribution in [0.5, 0.6) is 6.01 Å². The van der Waals surface area contributed by atoms with Crippen LogP contribution in [0.2, 0.25) is 0 Å². The number of hydrogen-bond donors (Lipinski definition) is 1. The molecule has 0 aromatic carbocycles. The molecule has 0 aliphatic heterocycles. The first kappa shape index (κ1) is 15.4. The number of nitrogens with one attached hydrogen (secondary N) is 1. The van der Waals surface area contributed by atoms with Gasteiger partial charge in [0.15, 0.2) is 0 Å². The number of nitrogens with zero attached hydrogens (tertiary/aromatic N) is 5. The average molecular weight is 308 g/mol. The smallest absolute Gasteiger partial charge is 0.323 e. The molecule has 0 saturated carbocycles. The number of ether oxygens (including phenoxy) is 1. The summed E-state index contributed by atoms with van der Waals surface area (Å²) in [6.45, 7) is 7.25. The van der Waals surface area contributed by atoms with E-state index in [1.165, 1.54) is 0 Å². The van der Waals surface area contributed by atoms with Gasteiger partial charge in [-0.15, -0.1) is 11.3 Å². The summed E-state index contributed by atoms with van der Waals surface area (Å²) in [6, 6.07) is 0.330. The molecular weight excluding hydrogens is 288 g/mol. The van der Waals surface area contributed by atoms with Crippen LogP contribution < -0.4 is 15.0 Å². The first-order valence-corrected chi connectivity index (χ1v) is 7.77. The van der Waals surface area contributed by atoms with Crippen LogP contribution in [0, 0.1) is 0 Å². The molecule has 7 nitrogen and oxygen atoms in total.